The van der Waals surface area contributed by atoms with Gasteiger partial charge in [-0.3, -0.25) is 4.90 Å². The van der Waals surface area contributed by atoms with Crippen LogP contribution in [0.4, 0.5) is 0 Å². The van der Waals surface area contributed by atoms with E-state index in [1.165, 1.54) is 71.0 Å². The Balaban J connectivity index is 1.62. The summed E-state index contributed by atoms with van der Waals surface area (Å²) in [6.45, 7) is 6.01. The van der Waals surface area contributed by atoms with Crippen molar-refractivity contribution < 1.29 is 0 Å². The van der Waals surface area contributed by atoms with Crippen molar-refractivity contribution in [2.24, 2.45) is 0 Å². The summed E-state index contributed by atoms with van der Waals surface area (Å²) in [4.78, 5) is 2.69. The number of nitrogens with zero attached hydrogens (tertiary/aromatic N) is 1. The van der Waals surface area contributed by atoms with Crippen LogP contribution in [0.15, 0.2) is 0 Å². The molecular weight excluding hydrogens is 196 g/mol. The normalized spacial score (nSPS) is 23.6. The maximum absolute atomic E-state index is 3.73. The van der Waals surface area contributed by atoms with Gasteiger partial charge in [0.15, 0.2) is 0 Å². The molecule has 2 heteroatoms. The Hall–Kier alpha value is -0.0800. The molecule has 2 aliphatic rings. The van der Waals surface area contributed by atoms with Crippen molar-refractivity contribution in [1.82, 2.24) is 10.2 Å². The molecule has 0 aromatic carbocycles. The highest BCUT2D eigenvalue weighted by Gasteiger charge is 2.21. The van der Waals surface area contributed by atoms with Crippen LogP contribution in [0.5, 0.6) is 0 Å². The van der Waals surface area contributed by atoms with E-state index in [4.69, 9.17) is 0 Å². The first kappa shape index (κ1) is 12.4. The summed E-state index contributed by atoms with van der Waals surface area (Å²) in [5, 5.41) is 3.73. The molecule has 2 rings (SSSR count). The topological polar surface area (TPSA) is 15.3 Å². The molecule has 16 heavy (non-hydrogen) atoms. The zero-order valence-corrected chi connectivity index (χ0v) is 10.9. The number of hydrogen-bond acceptors (Lipinski definition) is 2. The van der Waals surface area contributed by atoms with Gasteiger partial charge in [0.05, 0.1) is 0 Å². The Morgan fingerprint density at radius 2 is 1.62 bits per heavy atom. The Morgan fingerprint density at radius 3 is 2.25 bits per heavy atom. The van der Waals surface area contributed by atoms with E-state index in [0.717, 1.165) is 12.1 Å². The molecule has 2 nitrogen and oxygen atoms in total. The third-order valence-corrected chi connectivity index (χ3v) is 4.43. The lowest BCUT2D eigenvalue weighted by Gasteiger charge is -2.28. The first-order chi connectivity index (χ1) is 7.90. The molecule has 0 aromatic heterocycles. The average molecular weight is 224 g/mol. The fourth-order valence-corrected chi connectivity index (χ4v) is 3.41. The van der Waals surface area contributed by atoms with Crippen molar-refractivity contribution in [3.8, 4) is 0 Å². The molecule has 0 heterocycles. The van der Waals surface area contributed by atoms with E-state index in [-0.39, 0.29) is 0 Å². The predicted molar refractivity (Wildman–Crippen MR) is 69.8 cm³/mol. The van der Waals surface area contributed by atoms with Gasteiger partial charge in [-0.1, -0.05) is 32.6 Å². The fourth-order valence-electron chi connectivity index (χ4n) is 3.41. The van der Waals surface area contributed by atoms with Crippen LogP contribution in [-0.2, 0) is 0 Å². The standard InChI is InChI=1S/C14H28N2/c1-2-16(14-9-5-6-10-14)12-11-15-13-7-3-4-8-13/h13-15H,2-12H2,1H3. The van der Waals surface area contributed by atoms with Crippen molar-refractivity contribution in [2.75, 3.05) is 19.6 Å². The maximum atomic E-state index is 3.73. The zero-order valence-electron chi connectivity index (χ0n) is 10.9. The number of nitrogens with one attached hydrogen (secondary N) is 1. The first-order valence-electron chi connectivity index (χ1n) is 7.37. The molecule has 0 amide bonds. The largest absolute Gasteiger partial charge is 0.313 e. The van der Waals surface area contributed by atoms with Crippen LogP contribution in [0.1, 0.15) is 58.3 Å². The van der Waals surface area contributed by atoms with Gasteiger partial charge in [-0.25, -0.2) is 0 Å². The molecule has 2 saturated carbocycles. The molecule has 94 valence electrons. The quantitative estimate of drug-likeness (QED) is 0.746. The SMILES string of the molecule is CCN(CCNC1CCCC1)C1CCCC1. The van der Waals surface area contributed by atoms with Gasteiger partial charge in [-0.05, 0) is 32.2 Å². The monoisotopic (exact) mass is 224 g/mol. The molecule has 0 bridgehead atoms. The fraction of sp³-hybridized carbons (Fsp3) is 1.00. The van der Waals surface area contributed by atoms with Gasteiger partial charge in [0.25, 0.3) is 0 Å². The third kappa shape index (κ3) is 3.46. The van der Waals surface area contributed by atoms with Gasteiger partial charge in [0, 0.05) is 25.2 Å². The molecule has 2 fully saturated rings. The number of hydrogen-bond donors (Lipinski definition) is 1. The van der Waals surface area contributed by atoms with Crippen molar-refractivity contribution in [3.05, 3.63) is 0 Å². The Bertz CT molecular complexity index is 181. The van der Waals surface area contributed by atoms with Gasteiger partial charge < -0.3 is 5.32 Å². The predicted octanol–water partition coefficient (Wildman–Crippen LogP) is 2.78. The lowest BCUT2D eigenvalue weighted by Crippen LogP contribution is -2.40. The van der Waals surface area contributed by atoms with Gasteiger partial charge in [-0.15, -0.1) is 0 Å². The Kier molecular flexibility index (Phi) is 5.11. The minimum absolute atomic E-state index is 0.835. The summed E-state index contributed by atoms with van der Waals surface area (Å²) in [6.07, 6.45) is 11.5. The maximum Gasteiger partial charge on any atom is 0.0110 e. The minimum atomic E-state index is 0.835. The van der Waals surface area contributed by atoms with Gasteiger partial charge >= 0.3 is 0 Å². The second-order valence-corrected chi connectivity index (χ2v) is 5.50. The van der Waals surface area contributed by atoms with Crippen LogP contribution in [-0.4, -0.2) is 36.6 Å². The molecular formula is C14H28N2. The van der Waals surface area contributed by atoms with Crippen LogP contribution in [0.2, 0.25) is 0 Å². The van der Waals surface area contributed by atoms with Crippen LogP contribution < -0.4 is 5.32 Å². The van der Waals surface area contributed by atoms with E-state index in [9.17, 15) is 0 Å². The van der Waals surface area contributed by atoms with Crippen molar-refractivity contribution in [2.45, 2.75) is 70.4 Å². The smallest absolute Gasteiger partial charge is 0.0110 e. The summed E-state index contributed by atoms with van der Waals surface area (Å²) in [5.74, 6) is 0. The van der Waals surface area contributed by atoms with E-state index in [1.807, 2.05) is 0 Å². The molecule has 0 spiro atoms. The van der Waals surface area contributed by atoms with E-state index < -0.39 is 0 Å². The molecule has 0 radical (unpaired) electrons. The molecule has 0 aliphatic heterocycles. The van der Waals surface area contributed by atoms with Crippen molar-refractivity contribution in [3.63, 3.8) is 0 Å². The molecule has 0 aromatic rings. The zero-order chi connectivity index (χ0) is 11.2. The number of likely N-dealkylation sites (N-methyl/N-ethyl adjacent to an activating group) is 1. The Morgan fingerprint density at radius 1 is 1.00 bits per heavy atom. The van der Waals surface area contributed by atoms with E-state index in [1.54, 1.807) is 0 Å². The molecule has 0 atom stereocenters. The van der Waals surface area contributed by atoms with Crippen molar-refractivity contribution >= 4 is 0 Å². The lowest BCUT2D eigenvalue weighted by molar-refractivity contribution is 0.207. The van der Waals surface area contributed by atoms with E-state index >= 15 is 0 Å². The van der Waals surface area contributed by atoms with Crippen LogP contribution in [0.3, 0.4) is 0 Å². The van der Waals surface area contributed by atoms with E-state index in [2.05, 4.69) is 17.1 Å². The van der Waals surface area contributed by atoms with Crippen LogP contribution in [0.25, 0.3) is 0 Å². The summed E-state index contributed by atoms with van der Waals surface area (Å²) in [6, 6.07) is 1.73. The highest BCUT2D eigenvalue weighted by atomic mass is 15.2. The highest BCUT2D eigenvalue weighted by molar-refractivity contribution is 4.78. The van der Waals surface area contributed by atoms with Crippen LogP contribution in [0, 0.1) is 0 Å². The summed E-state index contributed by atoms with van der Waals surface area (Å²) in [7, 11) is 0. The lowest BCUT2D eigenvalue weighted by atomic mass is 10.2. The third-order valence-electron chi connectivity index (χ3n) is 4.43. The van der Waals surface area contributed by atoms with Gasteiger partial charge in [0.1, 0.15) is 0 Å². The van der Waals surface area contributed by atoms with Gasteiger partial charge in [0.2, 0.25) is 0 Å². The average Bonchev–Trinajstić information content (AvgIpc) is 2.96. The number of rotatable bonds is 6. The van der Waals surface area contributed by atoms with Gasteiger partial charge in [-0.2, -0.15) is 0 Å². The first-order valence-corrected chi connectivity index (χ1v) is 7.37. The van der Waals surface area contributed by atoms with Crippen molar-refractivity contribution in [1.29, 1.82) is 0 Å². The summed E-state index contributed by atoms with van der Waals surface area (Å²) >= 11 is 0. The molecule has 2 aliphatic carbocycles. The second kappa shape index (κ2) is 6.61. The van der Waals surface area contributed by atoms with Crippen LogP contribution >= 0.6 is 0 Å². The van der Waals surface area contributed by atoms with E-state index in [0.29, 0.717) is 0 Å². The highest BCUT2D eigenvalue weighted by Crippen LogP contribution is 2.23. The molecule has 0 unspecified atom stereocenters. The molecule has 1 N–H and O–H groups in total. The second-order valence-electron chi connectivity index (χ2n) is 5.50. The summed E-state index contributed by atoms with van der Waals surface area (Å²) in [5.41, 5.74) is 0. The Labute approximate surface area is 101 Å². The summed E-state index contributed by atoms with van der Waals surface area (Å²) < 4.78 is 0. The molecule has 0 saturated heterocycles. The minimum Gasteiger partial charge on any atom is -0.313 e.